The van der Waals surface area contributed by atoms with Gasteiger partial charge in [-0.05, 0) is 42.5 Å². The summed E-state index contributed by atoms with van der Waals surface area (Å²) in [5, 5.41) is 6.40. The lowest BCUT2D eigenvalue weighted by Crippen LogP contribution is -2.36. The molecule has 0 atom stereocenters. The number of rotatable bonds is 5. The number of hydrogen-bond donors (Lipinski definition) is 2. The molecule has 1 fully saturated rings. The first kappa shape index (κ1) is 18.5. The molecule has 0 radical (unpaired) electrons. The first-order chi connectivity index (χ1) is 13.7. The second kappa shape index (κ2) is 8.41. The first-order valence-corrected chi connectivity index (χ1v) is 9.29. The highest BCUT2D eigenvalue weighted by molar-refractivity contribution is 6.31. The van der Waals surface area contributed by atoms with Crippen molar-refractivity contribution < 1.29 is 9.13 Å². The zero-order chi connectivity index (χ0) is 19.3. The highest BCUT2D eigenvalue weighted by atomic mass is 35.5. The van der Waals surface area contributed by atoms with Crippen LogP contribution in [0, 0.1) is 5.82 Å². The Hall–Kier alpha value is -2.90. The molecule has 28 heavy (non-hydrogen) atoms. The largest absolute Gasteiger partial charge is 0.378 e. The Labute approximate surface area is 167 Å². The number of aromatic nitrogens is 2. The van der Waals surface area contributed by atoms with Crippen LogP contribution in [0.4, 0.5) is 33.1 Å². The smallest absolute Gasteiger partial charge is 0.141 e. The van der Waals surface area contributed by atoms with Crippen molar-refractivity contribution in [1.82, 2.24) is 9.97 Å². The Morgan fingerprint density at radius 1 is 0.893 bits per heavy atom. The molecule has 6 nitrogen and oxygen atoms in total. The lowest BCUT2D eigenvalue weighted by molar-refractivity contribution is 0.122. The summed E-state index contributed by atoms with van der Waals surface area (Å²) in [6.45, 7) is 3.33. The standard InChI is InChI=1S/C20H19ClFN5O/c21-17-11-15(3-6-18(17)22)26-20-12-19(23-13-24-20)25-14-1-4-16(5-2-14)27-7-9-28-10-8-27/h1-6,11-13H,7-10H2,(H2,23,24,25,26). The van der Waals surface area contributed by atoms with Gasteiger partial charge in [-0.15, -0.1) is 0 Å². The number of hydrogen-bond acceptors (Lipinski definition) is 6. The maximum atomic E-state index is 13.3. The Morgan fingerprint density at radius 3 is 2.21 bits per heavy atom. The van der Waals surface area contributed by atoms with Gasteiger partial charge in [0.1, 0.15) is 23.8 Å². The topological polar surface area (TPSA) is 62.3 Å². The van der Waals surface area contributed by atoms with Gasteiger partial charge in [0.05, 0.1) is 18.2 Å². The summed E-state index contributed by atoms with van der Waals surface area (Å²) in [7, 11) is 0. The van der Waals surface area contributed by atoms with E-state index in [1.807, 2.05) is 12.1 Å². The van der Waals surface area contributed by atoms with Gasteiger partial charge >= 0.3 is 0 Å². The van der Waals surface area contributed by atoms with E-state index in [1.165, 1.54) is 24.1 Å². The summed E-state index contributed by atoms with van der Waals surface area (Å²) in [6, 6.07) is 14.4. The molecular formula is C20H19ClFN5O. The average Bonchev–Trinajstić information content (AvgIpc) is 2.72. The Bertz CT molecular complexity index is 948. The van der Waals surface area contributed by atoms with Gasteiger partial charge in [-0.1, -0.05) is 11.6 Å². The molecule has 1 aliphatic heterocycles. The molecular weight excluding hydrogens is 381 g/mol. The van der Waals surface area contributed by atoms with Crippen molar-refractivity contribution in [3.8, 4) is 0 Å². The lowest BCUT2D eigenvalue weighted by Gasteiger charge is -2.28. The predicted molar refractivity (Wildman–Crippen MR) is 109 cm³/mol. The van der Waals surface area contributed by atoms with Gasteiger partial charge in [-0.2, -0.15) is 0 Å². The number of morpholine rings is 1. The third-order valence-electron chi connectivity index (χ3n) is 4.38. The fourth-order valence-corrected chi connectivity index (χ4v) is 3.12. The fourth-order valence-electron chi connectivity index (χ4n) is 2.94. The van der Waals surface area contributed by atoms with Crippen LogP contribution in [-0.2, 0) is 4.74 Å². The van der Waals surface area contributed by atoms with E-state index < -0.39 is 5.82 Å². The third-order valence-corrected chi connectivity index (χ3v) is 4.66. The molecule has 1 aromatic heterocycles. The van der Waals surface area contributed by atoms with E-state index in [4.69, 9.17) is 16.3 Å². The molecule has 3 aromatic rings. The molecule has 1 aliphatic rings. The Balaban J connectivity index is 1.43. The molecule has 0 bridgehead atoms. The molecule has 2 heterocycles. The van der Waals surface area contributed by atoms with Crippen LogP contribution < -0.4 is 15.5 Å². The summed E-state index contributed by atoms with van der Waals surface area (Å²) in [5.74, 6) is 0.757. The molecule has 8 heteroatoms. The zero-order valence-corrected chi connectivity index (χ0v) is 15.8. The van der Waals surface area contributed by atoms with Gasteiger partial charge < -0.3 is 20.3 Å². The van der Waals surface area contributed by atoms with Crippen molar-refractivity contribution >= 4 is 40.3 Å². The third kappa shape index (κ3) is 4.49. The van der Waals surface area contributed by atoms with E-state index in [-0.39, 0.29) is 5.02 Å². The van der Waals surface area contributed by atoms with Crippen LogP contribution in [-0.4, -0.2) is 36.3 Å². The molecule has 2 aromatic carbocycles. The van der Waals surface area contributed by atoms with Crippen LogP contribution in [0.5, 0.6) is 0 Å². The molecule has 0 spiro atoms. The Morgan fingerprint density at radius 2 is 1.54 bits per heavy atom. The van der Waals surface area contributed by atoms with Gasteiger partial charge in [0.25, 0.3) is 0 Å². The van der Waals surface area contributed by atoms with E-state index in [2.05, 4.69) is 37.6 Å². The molecule has 1 saturated heterocycles. The van der Waals surface area contributed by atoms with Gasteiger partial charge in [0.2, 0.25) is 0 Å². The maximum Gasteiger partial charge on any atom is 0.141 e. The van der Waals surface area contributed by atoms with Crippen molar-refractivity contribution in [1.29, 1.82) is 0 Å². The van der Waals surface area contributed by atoms with Crippen molar-refractivity contribution in [3.05, 3.63) is 65.7 Å². The SMILES string of the molecule is Fc1ccc(Nc2cc(Nc3ccc(N4CCOCC4)cc3)ncn2)cc1Cl. The highest BCUT2D eigenvalue weighted by Gasteiger charge is 2.11. The summed E-state index contributed by atoms with van der Waals surface area (Å²) < 4.78 is 18.7. The maximum absolute atomic E-state index is 13.3. The average molecular weight is 400 g/mol. The van der Waals surface area contributed by atoms with Gasteiger partial charge in [-0.3, -0.25) is 0 Å². The van der Waals surface area contributed by atoms with Crippen LogP contribution in [0.2, 0.25) is 5.02 Å². The van der Waals surface area contributed by atoms with Gasteiger partial charge in [0, 0.05) is 36.2 Å². The highest BCUT2D eigenvalue weighted by Crippen LogP contribution is 2.24. The van der Waals surface area contributed by atoms with Crippen molar-refractivity contribution in [2.24, 2.45) is 0 Å². The number of anilines is 5. The molecule has 144 valence electrons. The van der Waals surface area contributed by atoms with Crippen LogP contribution in [0.25, 0.3) is 0 Å². The number of ether oxygens (including phenoxy) is 1. The monoisotopic (exact) mass is 399 g/mol. The van der Waals surface area contributed by atoms with E-state index in [9.17, 15) is 4.39 Å². The lowest BCUT2D eigenvalue weighted by atomic mass is 10.2. The molecule has 4 rings (SSSR count). The summed E-state index contributed by atoms with van der Waals surface area (Å²) in [4.78, 5) is 10.7. The van der Waals surface area contributed by atoms with E-state index in [0.29, 0.717) is 17.3 Å². The minimum atomic E-state index is -0.460. The second-order valence-electron chi connectivity index (χ2n) is 6.31. The van der Waals surface area contributed by atoms with E-state index in [0.717, 1.165) is 32.0 Å². The van der Waals surface area contributed by atoms with Crippen molar-refractivity contribution in [2.75, 3.05) is 41.8 Å². The minimum absolute atomic E-state index is 0.0535. The van der Waals surface area contributed by atoms with Crippen molar-refractivity contribution in [3.63, 3.8) is 0 Å². The minimum Gasteiger partial charge on any atom is -0.378 e. The van der Waals surface area contributed by atoms with Crippen LogP contribution in [0.15, 0.2) is 54.9 Å². The molecule has 0 unspecified atom stereocenters. The zero-order valence-electron chi connectivity index (χ0n) is 15.0. The number of benzene rings is 2. The molecule has 2 N–H and O–H groups in total. The summed E-state index contributed by atoms with van der Waals surface area (Å²) in [5.41, 5.74) is 2.74. The molecule has 0 saturated carbocycles. The van der Waals surface area contributed by atoms with Crippen LogP contribution in [0.1, 0.15) is 0 Å². The summed E-state index contributed by atoms with van der Waals surface area (Å²) >= 11 is 5.82. The van der Waals surface area contributed by atoms with Crippen molar-refractivity contribution in [2.45, 2.75) is 0 Å². The van der Waals surface area contributed by atoms with Gasteiger partial charge in [-0.25, -0.2) is 14.4 Å². The number of halogens is 2. The number of nitrogens with zero attached hydrogens (tertiary/aromatic N) is 3. The normalized spacial score (nSPS) is 14.0. The van der Waals surface area contributed by atoms with Crippen LogP contribution >= 0.6 is 11.6 Å². The predicted octanol–water partition coefficient (Wildman–Crippen LogP) is 4.59. The first-order valence-electron chi connectivity index (χ1n) is 8.91. The van der Waals surface area contributed by atoms with E-state index >= 15 is 0 Å². The summed E-state index contributed by atoms with van der Waals surface area (Å²) in [6.07, 6.45) is 1.46. The van der Waals surface area contributed by atoms with E-state index in [1.54, 1.807) is 12.1 Å². The fraction of sp³-hybridized carbons (Fsp3) is 0.200. The Kier molecular flexibility index (Phi) is 5.55. The van der Waals surface area contributed by atoms with Gasteiger partial charge in [0.15, 0.2) is 0 Å². The number of nitrogens with one attached hydrogen (secondary N) is 2. The quantitative estimate of drug-likeness (QED) is 0.654. The molecule has 0 aliphatic carbocycles. The molecule has 0 amide bonds. The second-order valence-corrected chi connectivity index (χ2v) is 6.72. The van der Waals surface area contributed by atoms with Crippen LogP contribution in [0.3, 0.4) is 0 Å².